The third kappa shape index (κ3) is 3.86. The number of benzene rings is 1. The van der Waals surface area contributed by atoms with Gasteiger partial charge >= 0.3 is 0 Å². The fourth-order valence-electron chi connectivity index (χ4n) is 2.05. The van der Waals surface area contributed by atoms with Crippen LogP contribution in [0.5, 0.6) is 0 Å². The third-order valence-electron chi connectivity index (χ3n) is 3.35. The minimum atomic E-state index is -0.209. The van der Waals surface area contributed by atoms with E-state index in [9.17, 15) is 4.79 Å². The summed E-state index contributed by atoms with van der Waals surface area (Å²) in [5, 5.41) is 2.81. The Balaban J connectivity index is 2.08. The Labute approximate surface area is 124 Å². The average molecular weight is 284 g/mol. The summed E-state index contributed by atoms with van der Waals surface area (Å²) >= 11 is 0. The van der Waals surface area contributed by atoms with Gasteiger partial charge in [0.2, 0.25) is 5.91 Å². The molecule has 1 aromatic carbocycles. The van der Waals surface area contributed by atoms with E-state index in [1.807, 2.05) is 44.2 Å². The van der Waals surface area contributed by atoms with Crippen molar-refractivity contribution in [1.29, 1.82) is 0 Å². The van der Waals surface area contributed by atoms with Gasteiger partial charge in [-0.05, 0) is 5.92 Å². The molecule has 0 bridgehead atoms. The van der Waals surface area contributed by atoms with Crippen molar-refractivity contribution in [3.8, 4) is 11.4 Å². The van der Waals surface area contributed by atoms with Crippen molar-refractivity contribution >= 4 is 11.6 Å². The molecule has 1 amide bonds. The van der Waals surface area contributed by atoms with Gasteiger partial charge in [0, 0.05) is 12.1 Å². The minimum absolute atomic E-state index is 0.0939. The second kappa shape index (κ2) is 6.95. The van der Waals surface area contributed by atoms with Gasteiger partial charge in [-0.2, -0.15) is 0 Å². The van der Waals surface area contributed by atoms with Crippen LogP contribution in [0, 0.1) is 11.8 Å². The van der Waals surface area contributed by atoms with Crippen LogP contribution >= 0.6 is 0 Å². The van der Waals surface area contributed by atoms with E-state index in [2.05, 4.69) is 15.3 Å². The van der Waals surface area contributed by atoms with Crippen molar-refractivity contribution in [3.05, 3.63) is 42.7 Å². The molecule has 1 unspecified atom stereocenters. The second-order valence-electron chi connectivity index (χ2n) is 5.24. The maximum Gasteiger partial charge on any atom is 0.229 e. The zero-order valence-electron chi connectivity index (χ0n) is 12.3. The molecule has 3 N–H and O–H groups in total. The first-order valence-corrected chi connectivity index (χ1v) is 7.00. The van der Waals surface area contributed by atoms with Gasteiger partial charge in [0.15, 0.2) is 5.82 Å². The van der Waals surface area contributed by atoms with Gasteiger partial charge in [0.25, 0.3) is 0 Å². The smallest absolute Gasteiger partial charge is 0.229 e. The number of amides is 1. The van der Waals surface area contributed by atoms with Crippen LogP contribution in [0.2, 0.25) is 0 Å². The molecule has 2 aromatic rings. The second-order valence-corrected chi connectivity index (χ2v) is 5.24. The van der Waals surface area contributed by atoms with Crippen LogP contribution < -0.4 is 11.1 Å². The lowest BCUT2D eigenvalue weighted by Crippen LogP contribution is -2.33. The van der Waals surface area contributed by atoms with E-state index in [-0.39, 0.29) is 17.7 Å². The first-order chi connectivity index (χ1) is 10.1. The molecule has 1 atom stereocenters. The molecule has 2 rings (SSSR count). The van der Waals surface area contributed by atoms with Crippen LogP contribution in [-0.2, 0) is 4.79 Å². The van der Waals surface area contributed by atoms with Gasteiger partial charge < -0.3 is 11.1 Å². The summed E-state index contributed by atoms with van der Waals surface area (Å²) in [5.41, 5.74) is 7.16. The Bertz CT molecular complexity index is 581. The zero-order valence-corrected chi connectivity index (χ0v) is 12.3. The lowest BCUT2D eigenvalue weighted by atomic mass is 9.95. The maximum absolute atomic E-state index is 12.1. The number of nitrogens with one attached hydrogen (secondary N) is 1. The molecule has 0 saturated carbocycles. The van der Waals surface area contributed by atoms with Crippen molar-refractivity contribution in [2.75, 3.05) is 11.9 Å². The van der Waals surface area contributed by atoms with Crippen molar-refractivity contribution in [2.45, 2.75) is 13.8 Å². The van der Waals surface area contributed by atoms with Crippen LogP contribution in [0.3, 0.4) is 0 Å². The molecule has 21 heavy (non-hydrogen) atoms. The summed E-state index contributed by atoms with van der Waals surface area (Å²) in [4.78, 5) is 20.6. The standard InChI is InChI=1S/C16H20N4O/c1-11(2)14(8-17)16(21)20-13-9-18-15(19-10-13)12-6-4-3-5-7-12/h3-7,9-11,14H,8,17H2,1-2H3,(H,20,21). The molecule has 5 nitrogen and oxygen atoms in total. The van der Waals surface area contributed by atoms with Gasteiger partial charge in [0.05, 0.1) is 24.0 Å². The highest BCUT2D eigenvalue weighted by Crippen LogP contribution is 2.16. The SMILES string of the molecule is CC(C)C(CN)C(=O)Nc1cnc(-c2ccccc2)nc1. The van der Waals surface area contributed by atoms with Gasteiger partial charge in [-0.3, -0.25) is 4.79 Å². The molecule has 1 heterocycles. The Kier molecular flexibility index (Phi) is 5.00. The van der Waals surface area contributed by atoms with Crippen LogP contribution in [0.15, 0.2) is 42.7 Å². The third-order valence-corrected chi connectivity index (χ3v) is 3.35. The Hall–Kier alpha value is -2.27. The largest absolute Gasteiger partial charge is 0.330 e. The number of carbonyl (C=O) groups excluding carboxylic acids is 1. The molecule has 0 aliphatic heterocycles. The number of carbonyl (C=O) groups is 1. The lowest BCUT2D eigenvalue weighted by Gasteiger charge is -2.17. The molecular formula is C16H20N4O. The summed E-state index contributed by atoms with van der Waals surface area (Å²) in [6.07, 6.45) is 3.22. The monoisotopic (exact) mass is 284 g/mol. The summed E-state index contributed by atoms with van der Waals surface area (Å²) in [6.45, 7) is 4.28. The molecule has 5 heteroatoms. The van der Waals surface area contributed by atoms with Crippen molar-refractivity contribution in [1.82, 2.24) is 9.97 Å². The minimum Gasteiger partial charge on any atom is -0.330 e. The van der Waals surface area contributed by atoms with Gasteiger partial charge in [-0.25, -0.2) is 9.97 Å². The molecule has 0 aliphatic rings. The summed E-state index contributed by atoms with van der Waals surface area (Å²) < 4.78 is 0. The molecule has 0 radical (unpaired) electrons. The van der Waals surface area contributed by atoms with Crippen molar-refractivity contribution in [3.63, 3.8) is 0 Å². The van der Waals surface area contributed by atoms with E-state index in [1.54, 1.807) is 12.4 Å². The zero-order chi connectivity index (χ0) is 15.2. The first-order valence-electron chi connectivity index (χ1n) is 7.00. The lowest BCUT2D eigenvalue weighted by molar-refractivity contribution is -0.120. The molecule has 0 aliphatic carbocycles. The van der Waals surface area contributed by atoms with Gasteiger partial charge in [-0.1, -0.05) is 44.2 Å². The number of hydrogen-bond donors (Lipinski definition) is 2. The van der Waals surface area contributed by atoms with E-state index in [4.69, 9.17) is 5.73 Å². The summed E-state index contributed by atoms with van der Waals surface area (Å²) in [6, 6.07) is 9.69. The molecular weight excluding hydrogens is 264 g/mol. The van der Waals surface area contributed by atoms with Gasteiger partial charge in [-0.15, -0.1) is 0 Å². The number of nitrogens with two attached hydrogens (primary N) is 1. The molecule has 110 valence electrons. The summed E-state index contributed by atoms with van der Waals surface area (Å²) in [7, 11) is 0. The Morgan fingerprint density at radius 1 is 1.19 bits per heavy atom. The highest BCUT2D eigenvalue weighted by atomic mass is 16.1. The van der Waals surface area contributed by atoms with Gasteiger partial charge in [0.1, 0.15) is 0 Å². The van der Waals surface area contributed by atoms with Crippen molar-refractivity contribution < 1.29 is 4.79 Å². The Morgan fingerprint density at radius 3 is 2.33 bits per heavy atom. The van der Waals surface area contributed by atoms with E-state index < -0.39 is 0 Å². The highest BCUT2D eigenvalue weighted by molar-refractivity contribution is 5.92. The number of rotatable bonds is 5. The van der Waals surface area contributed by atoms with E-state index in [1.165, 1.54) is 0 Å². The first kappa shape index (κ1) is 15.1. The quantitative estimate of drug-likeness (QED) is 0.883. The Morgan fingerprint density at radius 2 is 1.81 bits per heavy atom. The number of anilines is 1. The number of nitrogens with zero attached hydrogens (tertiary/aromatic N) is 2. The fraction of sp³-hybridized carbons (Fsp3) is 0.312. The average Bonchev–Trinajstić information content (AvgIpc) is 2.49. The fourth-order valence-corrected chi connectivity index (χ4v) is 2.05. The molecule has 1 aromatic heterocycles. The van der Waals surface area contributed by atoms with E-state index >= 15 is 0 Å². The van der Waals surface area contributed by atoms with Crippen LogP contribution in [0.4, 0.5) is 5.69 Å². The van der Waals surface area contributed by atoms with Crippen LogP contribution in [-0.4, -0.2) is 22.4 Å². The molecule has 0 saturated heterocycles. The predicted molar refractivity (Wildman–Crippen MR) is 83.5 cm³/mol. The van der Waals surface area contributed by atoms with E-state index in [0.29, 0.717) is 18.1 Å². The maximum atomic E-state index is 12.1. The molecule has 0 fully saturated rings. The summed E-state index contributed by atoms with van der Waals surface area (Å²) in [5.74, 6) is 0.523. The van der Waals surface area contributed by atoms with E-state index in [0.717, 1.165) is 5.56 Å². The topological polar surface area (TPSA) is 80.9 Å². The van der Waals surface area contributed by atoms with Crippen LogP contribution in [0.1, 0.15) is 13.8 Å². The highest BCUT2D eigenvalue weighted by Gasteiger charge is 2.20. The normalized spacial score (nSPS) is 12.2. The number of aromatic nitrogens is 2. The predicted octanol–water partition coefficient (Wildman–Crippen LogP) is 2.31. The van der Waals surface area contributed by atoms with Crippen molar-refractivity contribution in [2.24, 2.45) is 17.6 Å². The molecule has 0 spiro atoms. The van der Waals surface area contributed by atoms with Crippen LogP contribution in [0.25, 0.3) is 11.4 Å². The number of hydrogen-bond acceptors (Lipinski definition) is 4.